The van der Waals surface area contributed by atoms with Crippen LogP contribution in [0.4, 0.5) is 0 Å². The number of benzene rings is 1. The molecule has 0 aromatic heterocycles. The SMILES string of the molecule is CCCNC(c1cccc(CC)c1)C1C2CCCCC21. The van der Waals surface area contributed by atoms with Crippen molar-refractivity contribution in [1.82, 2.24) is 5.32 Å². The summed E-state index contributed by atoms with van der Waals surface area (Å²) in [6.07, 6.45) is 8.26. The molecule has 1 heteroatoms. The van der Waals surface area contributed by atoms with Gasteiger partial charge in [0.2, 0.25) is 0 Å². The van der Waals surface area contributed by atoms with Crippen LogP contribution in [0.2, 0.25) is 0 Å². The van der Waals surface area contributed by atoms with Crippen LogP contribution < -0.4 is 5.32 Å². The van der Waals surface area contributed by atoms with Gasteiger partial charge in [-0.3, -0.25) is 0 Å². The molecule has 0 saturated heterocycles. The Labute approximate surface area is 124 Å². The summed E-state index contributed by atoms with van der Waals surface area (Å²) in [6.45, 7) is 5.67. The Hall–Kier alpha value is -0.820. The van der Waals surface area contributed by atoms with Crippen molar-refractivity contribution in [2.75, 3.05) is 6.54 Å². The van der Waals surface area contributed by atoms with E-state index in [1.807, 2.05) is 0 Å². The first kappa shape index (κ1) is 14.1. The second-order valence-electron chi connectivity index (χ2n) is 6.72. The molecular weight excluding hydrogens is 242 g/mol. The lowest BCUT2D eigenvalue weighted by Gasteiger charge is -2.20. The number of hydrogen-bond acceptors (Lipinski definition) is 1. The Morgan fingerprint density at radius 3 is 2.55 bits per heavy atom. The molecule has 0 spiro atoms. The Kier molecular flexibility index (Phi) is 4.45. The van der Waals surface area contributed by atoms with Crippen molar-refractivity contribution >= 4 is 0 Å². The van der Waals surface area contributed by atoms with Crippen LogP contribution in [0.3, 0.4) is 0 Å². The number of fused-ring (bicyclic) bond motifs is 1. The molecule has 1 nitrogen and oxygen atoms in total. The minimum Gasteiger partial charge on any atom is -0.310 e. The zero-order valence-corrected chi connectivity index (χ0v) is 13.1. The minimum absolute atomic E-state index is 0.606. The molecule has 3 atom stereocenters. The highest BCUT2D eigenvalue weighted by atomic mass is 14.9. The summed E-state index contributed by atoms with van der Waals surface area (Å²) in [5, 5.41) is 3.86. The highest BCUT2D eigenvalue weighted by Crippen LogP contribution is 2.60. The number of nitrogens with one attached hydrogen (secondary N) is 1. The van der Waals surface area contributed by atoms with Crippen LogP contribution in [-0.2, 0) is 6.42 Å². The van der Waals surface area contributed by atoms with E-state index in [4.69, 9.17) is 0 Å². The summed E-state index contributed by atoms with van der Waals surface area (Å²) in [5.74, 6) is 2.95. The predicted octanol–water partition coefficient (Wildman–Crippen LogP) is 4.73. The van der Waals surface area contributed by atoms with Crippen molar-refractivity contribution in [3.8, 4) is 0 Å². The minimum atomic E-state index is 0.606. The van der Waals surface area contributed by atoms with Gasteiger partial charge < -0.3 is 5.32 Å². The molecule has 0 bridgehead atoms. The quantitative estimate of drug-likeness (QED) is 0.789. The molecule has 3 unspecified atom stereocenters. The van der Waals surface area contributed by atoms with E-state index >= 15 is 0 Å². The third-order valence-corrected chi connectivity index (χ3v) is 5.44. The van der Waals surface area contributed by atoms with Gasteiger partial charge in [0.1, 0.15) is 0 Å². The molecule has 20 heavy (non-hydrogen) atoms. The molecular formula is C19H29N. The van der Waals surface area contributed by atoms with Crippen LogP contribution in [0, 0.1) is 17.8 Å². The van der Waals surface area contributed by atoms with Crippen LogP contribution in [0.15, 0.2) is 24.3 Å². The van der Waals surface area contributed by atoms with Crippen LogP contribution >= 0.6 is 0 Å². The van der Waals surface area contributed by atoms with Gasteiger partial charge in [-0.25, -0.2) is 0 Å². The second kappa shape index (κ2) is 6.30. The van der Waals surface area contributed by atoms with E-state index in [1.165, 1.54) is 43.2 Å². The molecule has 1 aromatic rings. The van der Waals surface area contributed by atoms with E-state index in [0.717, 1.165) is 30.7 Å². The van der Waals surface area contributed by atoms with Crippen molar-refractivity contribution in [1.29, 1.82) is 0 Å². The Morgan fingerprint density at radius 1 is 1.15 bits per heavy atom. The summed E-state index contributed by atoms with van der Waals surface area (Å²) >= 11 is 0. The molecule has 1 aromatic carbocycles. The molecule has 2 fully saturated rings. The van der Waals surface area contributed by atoms with Gasteiger partial charge in [-0.05, 0) is 61.1 Å². The normalized spacial score (nSPS) is 29.8. The van der Waals surface area contributed by atoms with E-state index in [9.17, 15) is 0 Å². The highest BCUT2D eigenvalue weighted by Gasteiger charge is 2.54. The monoisotopic (exact) mass is 271 g/mol. The van der Waals surface area contributed by atoms with E-state index in [-0.39, 0.29) is 0 Å². The maximum Gasteiger partial charge on any atom is 0.0354 e. The second-order valence-corrected chi connectivity index (χ2v) is 6.72. The van der Waals surface area contributed by atoms with E-state index in [2.05, 4.69) is 43.4 Å². The van der Waals surface area contributed by atoms with Crippen LogP contribution in [0.5, 0.6) is 0 Å². The van der Waals surface area contributed by atoms with Crippen molar-refractivity contribution in [2.45, 2.75) is 58.4 Å². The summed E-state index contributed by atoms with van der Waals surface area (Å²) in [5.41, 5.74) is 3.02. The third-order valence-electron chi connectivity index (χ3n) is 5.44. The van der Waals surface area contributed by atoms with Gasteiger partial charge in [0.05, 0.1) is 0 Å². The molecule has 0 amide bonds. The van der Waals surface area contributed by atoms with Crippen LogP contribution in [0.25, 0.3) is 0 Å². The largest absolute Gasteiger partial charge is 0.310 e. The summed E-state index contributed by atoms with van der Waals surface area (Å²) in [7, 11) is 0. The molecule has 2 saturated carbocycles. The molecule has 2 aliphatic rings. The fourth-order valence-corrected chi connectivity index (χ4v) is 4.32. The molecule has 110 valence electrons. The molecule has 2 aliphatic carbocycles. The zero-order chi connectivity index (χ0) is 13.9. The molecule has 0 heterocycles. The first-order valence-electron chi connectivity index (χ1n) is 8.67. The average Bonchev–Trinajstić information content (AvgIpc) is 3.22. The zero-order valence-electron chi connectivity index (χ0n) is 13.1. The predicted molar refractivity (Wildman–Crippen MR) is 85.8 cm³/mol. The fourth-order valence-electron chi connectivity index (χ4n) is 4.32. The fraction of sp³-hybridized carbons (Fsp3) is 0.684. The Balaban J connectivity index is 1.78. The lowest BCUT2D eigenvalue weighted by atomic mass is 9.97. The standard InChI is InChI=1S/C19H29N/c1-3-12-20-19(15-9-7-8-14(4-2)13-15)18-16-10-5-6-11-17(16)18/h7-9,13,16-20H,3-6,10-12H2,1-2H3. The maximum atomic E-state index is 3.86. The number of hydrogen-bond donors (Lipinski definition) is 1. The molecule has 1 N–H and O–H groups in total. The van der Waals surface area contributed by atoms with E-state index in [1.54, 1.807) is 0 Å². The van der Waals surface area contributed by atoms with Gasteiger partial charge in [-0.2, -0.15) is 0 Å². The Morgan fingerprint density at radius 2 is 1.90 bits per heavy atom. The summed E-state index contributed by atoms with van der Waals surface area (Å²) < 4.78 is 0. The number of rotatable bonds is 6. The lowest BCUT2D eigenvalue weighted by Crippen LogP contribution is -2.25. The topological polar surface area (TPSA) is 12.0 Å². The van der Waals surface area contributed by atoms with Gasteiger partial charge in [0.25, 0.3) is 0 Å². The van der Waals surface area contributed by atoms with Gasteiger partial charge in [0, 0.05) is 6.04 Å². The van der Waals surface area contributed by atoms with Gasteiger partial charge >= 0.3 is 0 Å². The lowest BCUT2D eigenvalue weighted by molar-refractivity contribution is 0.445. The molecule has 3 rings (SSSR count). The van der Waals surface area contributed by atoms with Gasteiger partial charge in [0.15, 0.2) is 0 Å². The third kappa shape index (κ3) is 2.79. The molecule has 0 radical (unpaired) electrons. The Bertz CT molecular complexity index is 427. The van der Waals surface area contributed by atoms with Crippen molar-refractivity contribution in [3.05, 3.63) is 35.4 Å². The summed E-state index contributed by atoms with van der Waals surface area (Å²) in [4.78, 5) is 0. The molecule has 0 aliphatic heterocycles. The van der Waals surface area contributed by atoms with Crippen LogP contribution in [0.1, 0.15) is 63.1 Å². The first-order valence-corrected chi connectivity index (χ1v) is 8.67. The first-order chi connectivity index (χ1) is 9.85. The highest BCUT2D eigenvalue weighted by molar-refractivity contribution is 5.28. The van der Waals surface area contributed by atoms with Crippen molar-refractivity contribution in [2.24, 2.45) is 17.8 Å². The maximum absolute atomic E-state index is 3.86. The summed E-state index contributed by atoms with van der Waals surface area (Å²) in [6, 6.07) is 9.91. The van der Waals surface area contributed by atoms with E-state index < -0.39 is 0 Å². The van der Waals surface area contributed by atoms with Crippen LogP contribution in [-0.4, -0.2) is 6.54 Å². The van der Waals surface area contributed by atoms with Crippen molar-refractivity contribution < 1.29 is 0 Å². The number of aryl methyl sites for hydroxylation is 1. The van der Waals surface area contributed by atoms with Crippen molar-refractivity contribution in [3.63, 3.8) is 0 Å². The average molecular weight is 271 g/mol. The van der Waals surface area contributed by atoms with Gasteiger partial charge in [-0.1, -0.05) is 51.0 Å². The van der Waals surface area contributed by atoms with Gasteiger partial charge in [-0.15, -0.1) is 0 Å². The van der Waals surface area contributed by atoms with E-state index in [0.29, 0.717) is 6.04 Å². The smallest absolute Gasteiger partial charge is 0.0354 e.